The molecule has 0 spiro atoms. The maximum Gasteiger partial charge on any atom is 0.232 e. The van der Waals surface area contributed by atoms with E-state index in [1.54, 1.807) is 6.08 Å². The lowest BCUT2D eigenvalue weighted by atomic mass is 9.64. The number of likely N-dealkylation sites (tertiary alicyclic amines) is 1. The first-order valence-corrected chi connectivity index (χ1v) is 11.7. The van der Waals surface area contributed by atoms with E-state index in [9.17, 15) is 4.79 Å². The smallest absolute Gasteiger partial charge is 0.232 e. The van der Waals surface area contributed by atoms with Crippen molar-refractivity contribution >= 4 is 5.91 Å². The Morgan fingerprint density at radius 3 is 2.55 bits per heavy atom. The van der Waals surface area contributed by atoms with Crippen LogP contribution in [0, 0.1) is 5.92 Å². The molecule has 0 saturated carbocycles. The summed E-state index contributed by atoms with van der Waals surface area (Å²) in [6.07, 6.45) is 17.4. The molecular weight excluding hydrogens is 406 g/mol. The Morgan fingerprint density at radius 2 is 1.91 bits per heavy atom. The van der Waals surface area contributed by atoms with Crippen molar-refractivity contribution in [2.75, 3.05) is 26.2 Å². The summed E-state index contributed by atoms with van der Waals surface area (Å²) < 4.78 is 0. The van der Waals surface area contributed by atoms with Crippen LogP contribution in [0.4, 0.5) is 0 Å². The minimum Gasteiger partial charge on any atom is -0.369 e. The molecule has 33 heavy (non-hydrogen) atoms. The number of hydrogen-bond acceptors (Lipinski definition) is 3. The fraction of sp³-hybridized carbons (Fsp3) is 0.345. The standard InChI is InChI=1S/C29H39N3O/c1-4-6-14-24(3)29(28(31)33,26-17-8-7-9-18-26)27-19-22-32(23-27)21-11-10-15-25(13-5-2)16-12-20-30/h4-9,12-14,16-18,27H,1-3,10-11,15,19-23,30H2,(H2,31,33)/b14-6-,16-12-,25-13-. The highest BCUT2D eigenvalue weighted by Crippen LogP contribution is 2.43. The van der Waals surface area contributed by atoms with Crippen LogP contribution >= 0.6 is 0 Å². The average molecular weight is 446 g/mol. The van der Waals surface area contributed by atoms with E-state index in [1.807, 2.05) is 60.7 Å². The van der Waals surface area contributed by atoms with E-state index in [0.717, 1.165) is 56.5 Å². The van der Waals surface area contributed by atoms with Gasteiger partial charge in [-0.25, -0.2) is 0 Å². The molecular formula is C29H39N3O. The molecule has 4 N–H and O–H groups in total. The molecule has 0 aliphatic carbocycles. The molecule has 1 heterocycles. The van der Waals surface area contributed by atoms with E-state index in [0.29, 0.717) is 6.54 Å². The summed E-state index contributed by atoms with van der Waals surface area (Å²) in [5, 5.41) is 0. The number of amides is 1. The number of hydrogen-bond donors (Lipinski definition) is 2. The lowest BCUT2D eigenvalue weighted by molar-refractivity contribution is -0.123. The van der Waals surface area contributed by atoms with Crippen molar-refractivity contribution in [3.63, 3.8) is 0 Å². The summed E-state index contributed by atoms with van der Waals surface area (Å²) in [6, 6.07) is 9.84. The first-order chi connectivity index (χ1) is 16.0. The first-order valence-electron chi connectivity index (χ1n) is 11.7. The Balaban J connectivity index is 2.11. The number of nitrogens with two attached hydrogens (primary N) is 2. The zero-order valence-electron chi connectivity index (χ0n) is 19.8. The van der Waals surface area contributed by atoms with Crippen molar-refractivity contribution < 1.29 is 4.79 Å². The largest absolute Gasteiger partial charge is 0.369 e. The van der Waals surface area contributed by atoms with Crippen LogP contribution in [0.15, 0.2) is 104 Å². The van der Waals surface area contributed by atoms with Crippen LogP contribution in [0.2, 0.25) is 0 Å². The second kappa shape index (κ2) is 13.6. The van der Waals surface area contributed by atoms with E-state index >= 15 is 0 Å². The second-order valence-electron chi connectivity index (χ2n) is 8.52. The van der Waals surface area contributed by atoms with Gasteiger partial charge in [0.25, 0.3) is 0 Å². The Kier molecular flexibility index (Phi) is 10.8. The summed E-state index contributed by atoms with van der Waals surface area (Å²) >= 11 is 0. The van der Waals surface area contributed by atoms with Gasteiger partial charge in [-0.15, -0.1) is 0 Å². The van der Waals surface area contributed by atoms with Gasteiger partial charge >= 0.3 is 0 Å². The highest BCUT2D eigenvalue weighted by molar-refractivity contribution is 5.91. The summed E-state index contributed by atoms with van der Waals surface area (Å²) in [5.74, 6) is -0.270. The molecule has 2 rings (SSSR count). The van der Waals surface area contributed by atoms with Gasteiger partial charge in [-0.2, -0.15) is 0 Å². The molecule has 4 heteroatoms. The molecule has 1 aliphatic heterocycles. The predicted molar refractivity (Wildman–Crippen MR) is 141 cm³/mol. The number of primary amides is 1. The van der Waals surface area contributed by atoms with Crippen LogP contribution in [0.3, 0.4) is 0 Å². The van der Waals surface area contributed by atoms with Crippen molar-refractivity contribution in [1.29, 1.82) is 0 Å². The molecule has 1 saturated heterocycles. The number of nitrogens with zero attached hydrogens (tertiary/aromatic N) is 1. The number of carbonyl (C=O) groups is 1. The zero-order valence-corrected chi connectivity index (χ0v) is 19.8. The molecule has 1 fully saturated rings. The molecule has 1 aromatic carbocycles. The lowest BCUT2D eigenvalue weighted by Gasteiger charge is -2.38. The second-order valence-corrected chi connectivity index (χ2v) is 8.52. The third-order valence-corrected chi connectivity index (χ3v) is 6.43. The summed E-state index contributed by atoms with van der Waals surface area (Å²) in [5.41, 5.74) is 13.6. The van der Waals surface area contributed by atoms with Crippen LogP contribution in [-0.2, 0) is 10.2 Å². The Morgan fingerprint density at radius 1 is 1.15 bits per heavy atom. The van der Waals surface area contributed by atoms with Crippen molar-refractivity contribution in [2.24, 2.45) is 17.4 Å². The molecule has 4 nitrogen and oxygen atoms in total. The normalized spacial score (nSPS) is 19.1. The van der Waals surface area contributed by atoms with E-state index in [-0.39, 0.29) is 11.8 Å². The number of allylic oxidation sites excluding steroid dienone is 7. The van der Waals surface area contributed by atoms with Crippen molar-refractivity contribution in [3.8, 4) is 0 Å². The predicted octanol–water partition coefficient (Wildman–Crippen LogP) is 4.83. The number of unbranched alkanes of at least 4 members (excludes halogenated alkanes) is 1. The first kappa shape index (κ1) is 26.3. The molecule has 1 amide bonds. The summed E-state index contributed by atoms with van der Waals surface area (Å²) in [4.78, 5) is 15.5. The maximum atomic E-state index is 13.1. The van der Waals surface area contributed by atoms with Gasteiger partial charge in [0, 0.05) is 13.1 Å². The summed E-state index contributed by atoms with van der Waals surface area (Å²) in [7, 11) is 0. The van der Waals surface area contributed by atoms with Gasteiger partial charge in [-0.1, -0.05) is 92.6 Å². The van der Waals surface area contributed by atoms with Crippen molar-refractivity contribution in [2.45, 2.75) is 31.1 Å². The summed E-state index contributed by atoms with van der Waals surface area (Å²) in [6.45, 7) is 15.1. The van der Waals surface area contributed by atoms with Gasteiger partial charge in [-0.3, -0.25) is 4.79 Å². The van der Waals surface area contributed by atoms with Crippen molar-refractivity contribution in [3.05, 3.63) is 109 Å². The molecule has 1 aliphatic rings. The van der Waals surface area contributed by atoms with Crippen LogP contribution in [0.25, 0.3) is 0 Å². The topological polar surface area (TPSA) is 72.4 Å². The number of rotatable bonds is 14. The lowest BCUT2D eigenvalue weighted by Crippen LogP contribution is -2.49. The van der Waals surface area contributed by atoms with E-state index in [2.05, 4.69) is 30.7 Å². The highest BCUT2D eigenvalue weighted by atomic mass is 16.1. The maximum absolute atomic E-state index is 13.1. The van der Waals surface area contributed by atoms with Crippen LogP contribution in [0.1, 0.15) is 31.2 Å². The number of carbonyl (C=O) groups excluding carboxylic acids is 1. The zero-order chi connectivity index (χ0) is 24.1. The SMILES string of the molecule is C=C/C=C\C(=C)C(C(N)=O)(c1ccccc1)C1CCN(CCCCC(/C=C\CN)=C/C=C)C1. The minimum atomic E-state index is -0.928. The van der Waals surface area contributed by atoms with Gasteiger partial charge in [0.05, 0.1) is 0 Å². The number of benzene rings is 1. The Hall–Kier alpha value is -2.95. The molecule has 1 aromatic rings. The van der Waals surface area contributed by atoms with Crippen LogP contribution in [-0.4, -0.2) is 37.0 Å². The fourth-order valence-electron chi connectivity index (χ4n) is 4.85. The van der Waals surface area contributed by atoms with E-state index in [4.69, 9.17) is 11.5 Å². The Labute approximate surface area is 199 Å². The van der Waals surface area contributed by atoms with E-state index < -0.39 is 5.41 Å². The molecule has 0 aromatic heterocycles. The average Bonchev–Trinajstić information content (AvgIpc) is 3.28. The molecule has 2 unspecified atom stereocenters. The van der Waals surface area contributed by atoms with Crippen LogP contribution < -0.4 is 11.5 Å². The fourth-order valence-corrected chi connectivity index (χ4v) is 4.85. The Bertz CT molecular complexity index is 897. The third kappa shape index (κ3) is 6.77. The molecule has 0 bridgehead atoms. The molecule has 2 atom stereocenters. The van der Waals surface area contributed by atoms with Crippen molar-refractivity contribution in [1.82, 2.24) is 4.90 Å². The third-order valence-electron chi connectivity index (χ3n) is 6.43. The van der Waals surface area contributed by atoms with Gasteiger partial charge in [-0.05, 0) is 61.4 Å². The quantitative estimate of drug-likeness (QED) is 0.318. The van der Waals surface area contributed by atoms with Gasteiger partial charge < -0.3 is 16.4 Å². The van der Waals surface area contributed by atoms with Gasteiger partial charge in [0.2, 0.25) is 5.91 Å². The van der Waals surface area contributed by atoms with Crippen LogP contribution in [0.5, 0.6) is 0 Å². The monoisotopic (exact) mass is 445 g/mol. The minimum absolute atomic E-state index is 0.0723. The van der Waals surface area contributed by atoms with E-state index in [1.165, 1.54) is 5.57 Å². The van der Waals surface area contributed by atoms with Gasteiger partial charge in [0.1, 0.15) is 5.41 Å². The highest BCUT2D eigenvalue weighted by Gasteiger charge is 2.49. The molecule has 176 valence electrons. The molecule has 0 radical (unpaired) electrons. The van der Waals surface area contributed by atoms with Gasteiger partial charge in [0.15, 0.2) is 0 Å².